The van der Waals surface area contributed by atoms with Crippen LogP contribution >= 0.6 is 0 Å². The van der Waals surface area contributed by atoms with Crippen LogP contribution in [0.15, 0.2) is 6.20 Å². The molecule has 4 aliphatic carbocycles. The number of hydrogen-bond donors (Lipinski definition) is 1. The van der Waals surface area contributed by atoms with Gasteiger partial charge in [-0.15, -0.1) is 5.10 Å². The largest absolute Gasteiger partial charge is 0.476 e. The van der Waals surface area contributed by atoms with E-state index in [2.05, 4.69) is 10.3 Å². The summed E-state index contributed by atoms with van der Waals surface area (Å²) in [6.07, 6.45) is 8.27. The third kappa shape index (κ3) is 1.42. The zero-order valence-electron chi connectivity index (χ0n) is 10.2. The Morgan fingerprint density at radius 2 is 1.78 bits per heavy atom. The first-order valence-corrected chi connectivity index (χ1v) is 6.86. The van der Waals surface area contributed by atoms with Gasteiger partial charge in [0.25, 0.3) is 0 Å². The Hall–Kier alpha value is -1.39. The predicted molar refractivity (Wildman–Crippen MR) is 63.1 cm³/mol. The van der Waals surface area contributed by atoms with Crippen LogP contribution in [-0.4, -0.2) is 26.1 Å². The van der Waals surface area contributed by atoms with Crippen molar-refractivity contribution in [2.75, 3.05) is 0 Å². The fraction of sp³-hybridized carbons (Fsp3) is 0.769. The van der Waals surface area contributed by atoms with E-state index in [0.29, 0.717) is 17.9 Å². The van der Waals surface area contributed by atoms with E-state index < -0.39 is 5.97 Å². The normalized spacial score (nSPS) is 41.2. The fourth-order valence-corrected chi connectivity index (χ4v) is 4.85. The molecule has 1 aromatic rings. The van der Waals surface area contributed by atoms with E-state index >= 15 is 0 Å². The monoisotopic (exact) mass is 247 g/mol. The van der Waals surface area contributed by atoms with Gasteiger partial charge in [0.05, 0.1) is 12.2 Å². The SMILES string of the molecule is O=C(O)c1cn(C2C3CC4CC(C3)CC2C4)nn1. The molecule has 1 N–H and O–H groups in total. The molecule has 0 saturated heterocycles. The third-order valence-corrected chi connectivity index (χ3v) is 5.21. The van der Waals surface area contributed by atoms with Gasteiger partial charge >= 0.3 is 5.97 Å². The summed E-state index contributed by atoms with van der Waals surface area (Å²) in [4.78, 5) is 10.9. The highest BCUT2D eigenvalue weighted by molar-refractivity contribution is 5.84. The topological polar surface area (TPSA) is 68.0 Å². The Balaban J connectivity index is 1.66. The molecule has 4 aliphatic rings. The number of rotatable bonds is 2. The predicted octanol–water partition coefficient (Wildman–Crippen LogP) is 1.97. The lowest BCUT2D eigenvalue weighted by atomic mass is 9.54. The highest BCUT2D eigenvalue weighted by Crippen LogP contribution is 2.57. The van der Waals surface area contributed by atoms with Crippen molar-refractivity contribution in [3.05, 3.63) is 11.9 Å². The van der Waals surface area contributed by atoms with Crippen LogP contribution in [0.5, 0.6) is 0 Å². The van der Waals surface area contributed by atoms with Gasteiger partial charge in [-0.25, -0.2) is 9.48 Å². The molecule has 0 spiro atoms. The van der Waals surface area contributed by atoms with Gasteiger partial charge in [0.1, 0.15) is 0 Å². The van der Waals surface area contributed by atoms with Crippen LogP contribution in [0.4, 0.5) is 0 Å². The van der Waals surface area contributed by atoms with Gasteiger partial charge in [0.2, 0.25) is 0 Å². The Kier molecular flexibility index (Phi) is 2.08. The lowest BCUT2D eigenvalue weighted by molar-refractivity contribution is -0.0342. The van der Waals surface area contributed by atoms with Crippen molar-refractivity contribution in [2.24, 2.45) is 23.7 Å². The van der Waals surface area contributed by atoms with Gasteiger partial charge in [-0.3, -0.25) is 0 Å². The molecule has 1 aromatic heterocycles. The van der Waals surface area contributed by atoms with Gasteiger partial charge in [0.15, 0.2) is 5.69 Å². The van der Waals surface area contributed by atoms with E-state index in [-0.39, 0.29) is 5.69 Å². The first-order valence-electron chi connectivity index (χ1n) is 6.86. The zero-order valence-corrected chi connectivity index (χ0v) is 10.2. The molecule has 0 atom stereocenters. The first kappa shape index (κ1) is 10.5. The van der Waals surface area contributed by atoms with Gasteiger partial charge in [-0.05, 0) is 55.8 Å². The van der Waals surface area contributed by atoms with Crippen molar-refractivity contribution < 1.29 is 9.90 Å². The Morgan fingerprint density at radius 3 is 2.28 bits per heavy atom. The van der Waals surface area contributed by atoms with Crippen LogP contribution < -0.4 is 0 Å². The van der Waals surface area contributed by atoms with E-state index in [9.17, 15) is 4.79 Å². The van der Waals surface area contributed by atoms with Crippen molar-refractivity contribution >= 4 is 5.97 Å². The van der Waals surface area contributed by atoms with E-state index in [4.69, 9.17) is 5.11 Å². The van der Waals surface area contributed by atoms with Crippen LogP contribution in [0.1, 0.15) is 48.6 Å². The molecule has 0 aromatic carbocycles. The summed E-state index contributed by atoms with van der Waals surface area (Å²) in [5, 5.41) is 16.8. The lowest BCUT2D eigenvalue weighted by Gasteiger charge is -2.54. The minimum atomic E-state index is -0.981. The highest BCUT2D eigenvalue weighted by atomic mass is 16.4. The summed E-state index contributed by atoms with van der Waals surface area (Å²) in [5.74, 6) is 2.26. The summed E-state index contributed by atoms with van der Waals surface area (Å²) in [7, 11) is 0. The summed E-state index contributed by atoms with van der Waals surface area (Å²) < 4.78 is 1.84. The number of carboxylic acid groups (broad SMARTS) is 1. The molecule has 18 heavy (non-hydrogen) atoms. The molecular weight excluding hydrogens is 230 g/mol. The number of nitrogens with zero attached hydrogens (tertiary/aromatic N) is 3. The average Bonchev–Trinajstić information content (AvgIpc) is 2.77. The molecular formula is C13H17N3O2. The van der Waals surface area contributed by atoms with E-state index in [0.717, 1.165) is 11.8 Å². The van der Waals surface area contributed by atoms with Crippen LogP contribution in [0.3, 0.4) is 0 Å². The summed E-state index contributed by atoms with van der Waals surface area (Å²) in [6.45, 7) is 0. The average molecular weight is 247 g/mol. The second-order valence-corrected chi connectivity index (χ2v) is 6.31. The summed E-state index contributed by atoms with van der Waals surface area (Å²) in [6, 6.07) is 0.401. The van der Waals surface area contributed by atoms with Crippen molar-refractivity contribution in [3.63, 3.8) is 0 Å². The van der Waals surface area contributed by atoms with E-state index in [1.165, 1.54) is 32.1 Å². The summed E-state index contributed by atoms with van der Waals surface area (Å²) in [5.41, 5.74) is 0.0730. The molecule has 5 heteroatoms. The lowest BCUT2D eigenvalue weighted by Crippen LogP contribution is -2.46. The second-order valence-electron chi connectivity index (χ2n) is 6.31. The number of carboxylic acids is 1. The van der Waals surface area contributed by atoms with Crippen molar-refractivity contribution in [2.45, 2.75) is 38.1 Å². The Labute approximate surface area is 105 Å². The molecule has 4 fully saturated rings. The van der Waals surface area contributed by atoms with Crippen molar-refractivity contribution in [1.29, 1.82) is 0 Å². The smallest absolute Gasteiger partial charge is 0.358 e. The van der Waals surface area contributed by atoms with Crippen LogP contribution in [0.2, 0.25) is 0 Å². The Morgan fingerprint density at radius 1 is 1.17 bits per heavy atom. The molecule has 0 unspecified atom stereocenters. The van der Waals surface area contributed by atoms with Crippen LogP contribution in [0, 0.1) is 23.7 Å². The van der Waals surface area contributed by atoms with Crippen LogP contribution in [0.25, 0.3) is 0 Å². The molecule has 0 radical (unpaired) electrons. The van der Waals surface area contributed by atoms with Gasteiger partial charge < -0.3 is 5.11 Å². The molecule has 4 saturated carbocycles. The minimum absolute atomic E-state index is 0.0730. The molecule has 1 heterocycles. The van der Waals surface area contributed by atoms with Gasteiger partial charge in [0, 0.05) is 0 Å². The molecule has 5 rings (SSSR count). The minimum Gasteiger partial charge on any atom is -0.476 e. The Bertz CT molecular complexity index is 468. The van der Waals surface area contributed by atoms with E-state index in [1.807, 2.05) is 4.68 Å². The molecule has 4 bridgehead atoms. The maximum absolute atomic E-state index is 10.9. The third-order valence-electron chi connectivity index (χ3n) is 5.21. The number of carbonyl (C=O) groups is 1. The van der Waals surface area contributed by atoms with Crippen molar-refractivity contribution in [3.8, 4) is 0 Å². The standard InChI is InChI=1S/C13H17N3O2/c17-13(18)11-6-16(15-14-11)12-9-2-7-1-8(4-9)5-10(12)3-7/h6-10,12H,1-5H2,(H,17,18). The number of hydrogen-bond acceptors (Lipinski definition) is 3. The fourth-order valence-electron chi connectivity index (χ4n) is 4.85. The van der Waals surface area contributed by atoms with Gasteiger partial charge in [-0.2, -0.15) is 0 Å². The van der Waals surface area contributed by atoms with Crippen LogP contribution in [-0.2, 0) is 0 Å². The molecule has 5 nitrogen and oxygen atoms in total. The van der Waals surface area contributed by atoms with Gasteiger partial charge in [-0.1, -0.05) is 5.21 Å². The maximum Gasteiger partial charge on any atom is 0.358 e. The van der Waals surface area contributed by atoms with Crippen molar-refractivity contribution in [1.82, 2.24) is 15.0 Å². The highest BCUT2D eigenvalue weighted by Gasteiger charge is 2.49. The molecule has 0 amide bonds. The number of aromatic carboxylic acids is 1. The summed E-state index contributed by atoms with van der Waals surface area (Å²) >= 11 is 0. The quantitative estimate of drug-likeness (QED) is 0.867. The molecule has 96 valence electrons. The molecule has 0 aliphatic heterocycles. The maximum atomic E-state index is 10.9. The first-order chi connectivity index (χ1) is 8.70. The number of aromatic nitrogens is 3. The van der Waals surface area contributed by atoms with E-state index in [1.54, 1.807) is 6.20 Å². The second kappa shape index (κ2) is 3.56. The zero-order chi connectivity index (χ0) is 12.3.